The van der Waals surface area contributed by atoms with Crippen LogP contribution in [0.1, 0.15) is 43.9 Å². The summed E-state index contributed by atoms with van der Waals surface area (Å²) in [5, 5.41) is 7.66. The lowest BCUT2D eigenvalue weighted by atomic mass is 9.73. The van der Waals surface area contributed by atoms with Crippen molar-refractivity contribution in [3.05, 3.63) is 94.1 Å². The van der Waals surface area contributed by atoms with Crippen LogP contribution in [-0.4, -0.2) is 12.9 Å². The van der Waals surface area contributed by atoms with Gasteiger partial charge in [-0.05, 0) is 47.2 Å². The van der Waals surface area contributed by atoms with E-state index in [0.717, 1.165) is 40.2 Å². The number of anilines is 2. The molecular weight excluding hydrogens is 460 g/mol. The van der Waals surface area contributed by atoms with Crippen LogP contribution in [-0.2, 0) is 11.4 Å². The lowest BCUT2D eigenvalue weighted by Gasteiger charge is -2.34. The van der Waals surface area contributed by atoms with Gasteiger partial charge in [-0.3, -0.25) is 4.79 Å². The molecule has 3 aromatic carbocycles. The summed E-state index contributed by atoms with van der Waals surface area (Å²) < 4.78 is 11.6. The van der Waals surface area contributed by atoms with Crippen molar-refractivity contribution >= 4 is 28.8 Å². The number of methoxy groups -OCH3 is 1. The molecule has 5 nitrogen and oxygen atoms in total. The van der Waals surface area contributed by atoms with Crippen molar-refractivity contribution < 1.29 is 14.3 Å². The number of allylic oxidation sites excluding steroid dienone is 1. The van der Waals surface area contributed by atoms with Crippen molar-refractivity contribution in [1.29, 1.82) is 0 Å². The molecule has 0 radical (unpaired) electrons. The van der Waals surface area contributed by atoms with Gasteiger partial charge in [-0.1, -0.05) is 67.9 Å². The van der Waals surface area contributed by atoms with E-state index >= 15 is 0 Å². The molecule has 0 saturated heterocycles. The molecule has 1 heterocycles. The highest BCUT2D eigenvalue weighted by Gasteiger charge is 2.39. The molecule has 0 fully saturated rings. The molecular formula is C29H29ClN2O3. The van der Waals surface area contributed by atoms with Crippen LogP contribution < -0.4 is 20.1 Å². The first-order chi connectivity index (χ1) is 16.8. The first kappa shape index (κ1) is 23.3. The molecule has 2 aliphatic rings. The smallest absolute Gasteiger partial charge is 0.163 e. The van der Waals surface area contributed by atoms with Crippen molar-refractivity contribution in [3.63, 3.8) is 0 Å². The van der Waals surface area contributed by atoms with Gasteiger partial charge in [0.1, 0.15) is 23.8 Å². The maximum absolute atomic E-state index is 13.5. The topological polar surface area (TPSA) is 59.6 Å². The van der Waals surface area contributed by atoms with Gasteiger partial charge < -0.3 is 20.1 Å². The lowest BCUT2D eigenvalue weighted by molar-refractivity contribution is -0.118. The number of carbonyl (C=O) groups excluding carboxylic acids is 1. The molecule has 6 heteroatoms. The van der Waals surface area contributed by atoms with Crippen molar-refractivity contribution in [2.24, 2.45) is 5.41 Å². The highest BCUT2D eigenvalue weighted by Crippen LogP contribution is 2.48. The van der Waals surface area contributed by atoms with E-state index in [1.807, 2.05) is 66.7 Å². The fourth-order valence-corrected chi connectivity index (χ4v) is 5.20. The fourth-order valence-electron chi connectivity index (χ4n) is 4.92. The summed E-state index contributed by atoms with van der Waals surface area (Å²) in [5.74, 6) is 1.52. The summed E-state index contributed by atoms with van der Waals surface area (Å²) in [5.41, 5.74) is 5.09. The van der Waals surface area contributed by atoms with E-state index in [-0.39, 0.29) is 11.2 Å². The zero-order chi connectivity index (χ0) is 24.6. The summed E-state index contributed by atoms with van der Waals surface area (Å²) in [6.07, 6.45) is 1.23. The minimum Gasteiger partial charge on any atom is -0.494 e. The van der Waals surface area contributed by atoms with Crippen LogP contribution in [0, 0.1) is 5.41 Å². The van der Waals surface area contributed by atoms with Crippen LogP contribution >= 0.6 is 11.6 Å². The second kappa shape index (κ2) is 9.31. The van der Waals surface area contributed by atoms with Gasteiger partial charge in [-0.15, -0.1) is 0 Å². The average molecular weight is 489 g/mol. The molecule has 1 unspecified atom stereocenters. The minimum absolute atomic E-state index is 0.119. The van der Waals surface area contributed by atoms with Gasteiger partial charge in [0.05, 0.1) is 18.8 Å². The van der Waals surface area contributed by atoms with Gasteiger partial charge in [0, 0.05) is 22.7 Å². The average Bonchev–Trinajstić information content (AvgIpc) is 2.99. The molecule has 0 aromatic heterocycles. The summed E-state index contributed by atoms with van der Waals surface area (Å²) in [6, 6.07) is 21.1. The Morgan fingerprint density at radius 2 is 1.83 bits per heavy atom. The third kappa shape index (κ3) is 4.73. The number of hydrogen-bond acceptors (Lipinski definition) is 5. The largest absolute Gasteiger partial charge is 0.494 e. The molecule has 35 heavy (non-hydrogen) atoms. The maximum atomic E-state index is 13.5. The van der Waals surface area contributed by atoms with Gasteiger partial charge in [-0.2, -0.15) is 0 Å². The van der Waals surface area contributed by atoms with Crippen LogP contribution in [0.2, 0.25) is 5.02 Å². The standard InChI is InChI=1S/C29H29ClN2O3/c1-29(2)15-23-26(24(33)16-29)27(31-22-10-7-11-25(34-3)28(22)32-23)20-13-12-19(14-21(20)30)35-17-18-8-5-4-6-9-18/h4-14,27,31-32H,15-17H2,1-3H3. The van der Waals surface area contributed by atoms with Gasteiger partial charge in [-0.25, -0.2) is 0 Å². The van der Waals surface area contributed by atoms with E-state index in [0.29, 0.717) is 29.5 Å². The van der Waals surface area contributed by atoms with Gasteiger partial charge in [0.2, 0.25) is 0 Å². The molecule has 1 aliphatic heterocycles. The third-order valence-electron chi connectivity index (χ3n) is 6.56. The molecule has 0 bridgehead atoms. The number of Topliss-reactive ketones (excluding diaryl/α,β-unsaturated/α-hetero) is 1. The Balaban J connectivity index is 1.53. The molecule has 0 saturated carbocycles. The summed E-state index contributed by atoms with van der Waals surface area (Å²) in [4.78, 5) is 13.5. The first-order valence-electron chi connectivity index (χ1n) is 11.8. The predicted octanol–water partition coefficient (Wildman–Crippen LogP) is 7.15. The van der Waals surface area contributed by atoms with Crippen molar-refractivity contribution in [1.82, 2.24) is 0 Å². The molecule has 180 valence electrons. The van der Waals surface area contributed by atoms with Crippen LogP contribution in [0.15, 0.2) is 78.0 Å². The molecule has 1 aliphatic carbocycles. The number of ketones is 1. The zero-order valence-electron chi connectivity index (χ0n) is 20.2. The van der Waals surface area contributed by atoms with E-state index in [2.05, 4.69) is 24.5 Å². The number of halogens is 1. The Labute approximate surface area is 211 Å². The summed E-state index contributed by atoms with van der Waals surface area (Å²) in [6.45, 7) is 4.70. The van der Waals surface area contributed by atoms with Crippen LogP contribution in [0.25, 0.3) is 0 Å². The van der Waals surface area contributed by atoms with E-state index in [9.17, 15) is 4.79 Å². The number of rotatable bonds is 5. The number of para-hydroxylation sites is 1. The predicted molar refractivity (Wildman–Crippen MR) is 140 cm³/mol. The van der Waals surface area contributed by atoms with Crippen molar-refractivity contribution in [3.8, 4) is 11.5 Å². The second-order valence-corrected chi connectivity index (χ2v) is 10.3. The molecule has 3 aromatic rings. The molecule has 1 atom stereocenters. The molecule has 5 rings (SSSR count). The van der Waals surface area contributed by atoms with Crippen molar-refractivity contribution in [2.75, 3.05) is 17.7 Å². The first-order valence-corrected chi connectivity index (χ1v) is 12.2. The number of benzene rings is 3. The number of nitrogens with one attached hydrogen (secondary N) is 2. The highest BCUT2D eigenvalue weighted by atomic mass is 35.5. The van der Waals surface area contributed by atoms with Crippen LogP contribution in [0.4, 0.5) is 11.4 Å². The number of ether oxygens (including phenoxy) is 2. The van der Waals surface area contributed by atoms with E-state index in [4.69, 9.17) is 21.1 Å². The number of carbonyl (C=O) groups is 1. The van der Waals surface area contributed by atoms with Gasteiger partial charge >= 0.3 is 0 Å². The Kier molecular flexibility index (Phi) is 6.20. The summed E-state index contributed by atoms with van der Waals surface area (Å²) >= 11 is 6.82. The quantitative estimate of drug-likeness (QED) is 0.399. The Bertz CT molecular complexity index is 1300. The second-order valence-electron chi connectivity index (χ2n) is 9.88. The SMILES string of the molecule is COc1cccc2c1NC1=C(C(=O)CC(C)(C)C1)C(c1ccc(OCc3ccccc3)cc1Cl)N2. The Morgan fingerprint density at radius 3 is 2.57 bits per heavy atom. The zero-order valence-corrected chi connectivity index (χ0v) is 20.9. The van der Waals surface area contributed by atoms with Crippen LogP contribution in [0.3, 0.4) is 0 Å². The third-order valence-corrected chi connectivity index (χ3v) is 6.89. The minimum atomic E-state index is -0.398. The fraction of sp³-hybridized carbons (Fsp3) is 0.276. The van der Waals surface area contributed by atoms with Crippen molar-refractivity contribution in [2.45, 2.75) is 39.3 Å². The molecule has 0 amide bonds. The summed E-state index contributed by atoms with van der Waals surface area (Å²) in [7, 11) is 1.65. The number of hydrogen-bond donors (Lipinski definition) is 2. The molecule has 0 spiro atoms. The normalized spacial score (nSPS) is 18.5. The van der Waals surface area contributed by atoms with Crippen LogP contribution in [0.5, 0.6) is 11.5 Å². The Hall–Kier alpha value is -3.44. The van der Waals surface area contributed by atoms with E-state index < -0.39 is 6.04 Å². The van der Waals surface area contributed by atoms with Gasteiger partial charge in [0.15, 0.2) is 5.78 Å². The maximum Gasteiger partial charge on any atom is 0.163 e. The molecule has 2 N–H and O–H groups in total. The monoisotopic (exact) mass is 488 g/mol. The number of fused-ring (bicyclic) bond motifs is 1. The highest BCUT2D eigenvalue weighted by molar-refractivity contribution is 6.31. The van der Waals surface area contributed by atoms with E-state index in [1.54, 1.807) is 7.11 Å². The van der Waals surface area contributed by atoms with E-state index in [1.165, 1.54) is 0 Å². The Morgan fingerprint density at radius 1 is 1.03 bits per heavy atom. The lowest BCUT2D eigenvalue weighted by Crippen LogP contribution is -2.31. The van der Waals surface area contributed by atoms with Gasteiger partial charge in [0.25, 0.3) is 0 Å².